The van der Waals surface area contributed by atoms with Gasteiger partial charge in [-0.1, -0.05) is 103 Å². The van der Waals surface area contributed by atoms with E-state index in [1.807, 2.05) is 12.1 Å². The average Bonchev–Trinajstić information content (AvgIpc) is 2.89. The monoisotopic (exact) mass is 560 g/mol. The third-order valence-corrected chi connectivity index (χ3v) is 8.46. The number of methoxy groups -OCH3 is 1. The molecule has 0 radical (unpaired) electrons. The van der Waals surface area contributed by atoms with Crippen molar-refractivity contribution in [3.63, 3.8) is 0 Å². The zero-order chi connectivity index (χ0) is 27.3. The van der Waals surface area contributed by atoms with Crippen LogP contribution in [0.1, 0.15) is 122 Å². The van der Waals surface area contributed by atoms with Crippen LogP contribution in [-0.2, 0) is 34.9 Å². The van der Waals surface area contributed by atoms with Crippen LogP contribution in [0.2, 0.25) is 0 Å². The van der Waals surface area contributed by atoms with Crippen LogP contribution in [0.5, 0.6) is 0 Å². The zero-order valence-electron chi connectivity index (χ0n) is 23.6. The summed E-state index contributed by atoms with van der Waals surface area (Å²) in [5.41, 5.74) is 0. The van der Waals surface area contributed by atoms with E-state index in [-0.39, 0.29) is 38.8 Å². The quantitative estimate of drug-likeness (QED) is 0.0665. The van der Waals surface area contributed by atoms with Crippen LogP contribution < -0.4 is 0 Å². The molecule has 0 bridgehead atoms. The first-order chi connectivity index (χ1) is 18.1. The van der Waals surface area contributed by atoms with Crippen LogP contribution >= 0.6 is 6.72 Å². The molecule has 1 unspecified atom stereocenters. The molecule has 0 rings (SSSR count). The van der Waals surface area contributed by atoms with Crippen LogP contribution in [0.15, 0.2) is 0 Å². The molecule has 9 heteroatoms. The van der Waals surface area contributed by atoms with Crippen molar-refractivity contribution >= 4 is 18.5 Å². The standard InChI is InChI=1S/C28H53N2O5PS/c1-3-4-5-6-7-8-9-10-11-12-13-14-15-16-17-18-23-32-28(26-31-2)27-35-36(37,33-24-19-21-29)34-25-20-22-30/h28H,3-20,23-27H2,1-2H3. The van der Waals surface area contributed by atoms with Crippen molar-refractivity contribution in [3.8, 4) is 12.1 Å². The van der Waals surface area contributed by atoms with Gasteiger partial charge in [0.05, 0.1) is 51.4 Å². The van der Waals surface area contributed by atoms with Gasteiger partial charge < -0.3 is 23.0 Å². The van der Waals surface area contributed by atoms with Gasteiger partial charge in [-0.25, -0.2) is 0 Å². The fourth-order valence-corrected chi connectivity index (χ4v) is 5.75. The maximum absolute atomic E-state index is 8.73. The summed E-state index contributed by atoms with van der Waals surface area (Å²) in [7, 11) is 1.62. The summed E-state index contributed by atoms with van der Waals surface area (Å²) in [6.07, 6.45) is 21.5. The predicted molar refractivity (Wildman–Crippen MR) is 154 cm³/mol. The lowest BCUT2D eigenvalue weighted by Crippen LogP contribution is -2.25. The van der Waals surface area contributed by atoms with Gasteiger partial charge in [-0.2, -0.15) is 10.5 Å². The second-order valence-electron chi connectivity index (χ2n) is 9.48. The van der Waals surface area contributed by atoms with E-state index in [0.717, 1.165) is 12.8 Å². The smallest absolute Gasteiger partial charge is 0.327 e. The van der Waals surface area contributed by atoms with E-state index in [1.54, 1.807) is 7.11 Å². The Balaban J connectivity index is 3.84. The fraction of sp³-hybridized carbons (Fsp3) is 0.929. The summed E-state index contributed by atoms with van der Waals surface area (Å²) in [4.78, 5) is 0. The first kappa shape index (κ1) is 36.4. The van der Waals surface area contributed by atoms with E-state index in [9.17, 15) is 0 Å². The number of nitriles is 2. The van der Waals surface area contributed by atoms with Crippen molar-refractivity contribution in [1.29, 1.82) is 10.5 Å². The van der Waals surface area contributed by atoms with Gasteiger partial charge in [-0.3, -0.25) is 0 Å². The largest absolute Gasteiger partial charge is 0.382 e. The number of rotatable bonds is 29. The van der Waals surface area contributed by atoms with Crippen molar-refractivity contribution in [2.24, 2.45) is 0 Å². The predicted octanol–water partition coefficient (Wildman–Crippen LogP) is 8.38. The van der Waals surface area contributed by atoms with Gasteiger partial charge >= 0.3 is 6.72 Å². The van der Waals surface area contributed by atoms with Gasteiger partial charge in [-0.05, 0) is 18.2 Å². The molecular weight excluding hydrogens is 507 g/mol. The Morgan fingerprint density at radius 3 is 1.46 bits per heavy atom. The molecule has 0 aromatic heterocycles. The van der Waals surface area contributed by atoms with Crippen LogP contribution in [0, 0.1) is 22.7 Å². The molecule has 37 heavy (non-hydrogen) atoms. The second-order valence-corrected chi connectivity index (χ2v) is 12.5. The van der Waals surface area contributed by atoms with Gasteiger partial charge in [0.1, 0.15) is 6.10 Å². The Morgan fingerprint density at radius 1 is 0.622 bits per heavy atom. The molecule has 216 valence electrons. The molecule has 0 spiro atoms. The van der Waals surface area contributed by atoms with Gasteiger partial charge in [-0.15, -0.1) is 0 Å². The van der Waals surface area contributed by atoms with Crippen LogP contribution in [0.4, 0.5) is 0 Å². The second kappa shape index (κ2) is 28.4. The highest BCUT2D eigenvalue weighted by Gasteiger charge is 2.23. The topological polar surface area (TPSA) is 93.7 Å². The summed E-state index contributed by atoms with van der Waals surface area (Å²) < 4.78 is 28.1. The van der Waals surface area contributed by atoms with Crippen LogP contribution in [-0.4, -0.2) is 46.2 Å². The Kier molecular flexibility index (Phi) is 28.0. The van der Waals surface area contributed by atoms with Gasteiger partial charge in [0.25, 0.3) is 0 Å². The summed E-state index contributed by atoms with van der Waals surface area (Å²) >= 11 is 5.42. The van der Waals surface area contributed by atoms with Crippen molar-refractivity contribution in [2.75, 3.05) is 40.1 Å². The fourth-order valence-electron chi connectivity index (χ4n) is 3.92. The Bertz CT molecular complexity index is 603. The molecule has 0 aromatic rings. The Morgan fingerprint density at radius 2 is 1.05 bits per heavy atom. The number of ether oxygens (including phenoxy) is 2. The molecule has 0 amide bonds. The van der Waals surface area contributed by atoms with E-state index < -0.39 is 6.72 Å². The van der Waals surface area contributed by atoms with Crippen LogP contribution in [0.3, 0.4) is 0 Å². The van der Waals surface area contributed by atoms with Crippen molar-refractivity contribution < 1.29 is 23.0 Å². The molecule has 0 heterocycles. The van der Waals surface area contributed by atoms with Gasteiger partial charge in [0.2, 0.25) is 0 Å². The number of hydrogen-bond acceptors (Lipinski definition) is 8. The lowest BCUT2D eigenvalue weighted by Gasteiger charge is -2.24. The summed E-state index contributed by atoms with van der Waals surface area (Å²) in [6.45, 7) is 0.710. The molecule has 0 N–H and O–H groups in total. The molecule has 0 fully saturated rings. The molecule has 0 saturated carbocycles. The van der Waals surface area contributed by atoms with Gasteiger partial charge in [0, 0.05) is 13.7 Å². The minimum absolute atomic E-state index is 0.134. The van der Waals surface area contributed by atoms with E-state index in [4.69, 9.17) is 45.4 Å². The molecule has 1 atom stereocenters. The SMILES string of the molecule is CCCCCCCCCCCCCCCCCCOC(COC)COP(=S)(OCCC#N)OCCC#N. The lowest BCUT2D eigenvalue weighted by molar-refractivity contribution is -0.0312. The number of unbranched alkanes of at least 4 members (excludes halogenated alkanes) is 15. The minimum Gasteiger partial charge on any atom is -0.382 e. The molecular formula is C28H53N2O5PS. The number of nitrogens with zero attached hydrogens (tertiary/aromatic N) is 2. The highest BCUT2D eigenvalue weighted by Crippen LogP contribution is 2.50. The Labute approximate surface area is 232 Å². The third kappa shape index (κ3) is 25.5. The van der Waals surface area contributed by atoms with Crippen molar-refractivity contribution in [3.05, 3.63) is 0 Å². The van der Waals surface area contributed by atoms with Crippen molar-refractivity contribution in [1.82, 2.24) is 0 Å². The molecule has 0 saturated heterocycles. The van der Waals surface area contributed by atoms with E-state index in [0.29, 0.717) is 13.2 Å². The lowest BCUT2D eigenvalue weighted by atomic mass is 10.0. The normalized spacial score (nSPS) is 12.3. The highest BCUT2D eigenvalue weighted by molar-refractivity contribution is 8.07. The minimum atomic E-state index is -3.04. The average molecular weight is 561 g/mol. The molecule has 0 aliphatic heterocycles. The first-order valence-electron chi connectivity index (χ1n) is 14.5. The van der Waals surface area contributed by atoms with E-state index in [2.05, 4.69) is 6.92 Å². The highest BCUT2D eigenvalue weighted by atomic mass is 32.5. The maximum Gasteiger partial charge on any atom is 0.327 e. The first-order valence-corrected chi connectivity index (χ1v) is 17.1. The van der Waals surface area contributed by atoms with E-state index >= 15 is 0 Å². The molecule has 7 nitrogen and oxygen atoms in total. The summed E-state index contributed by atoms with van der Waals surface area (Å²) in [5.74, 6) is 0. The molecule has 0 aliphatic carbocycles. The summed E-state index contributed by atoms with van der Waals surface area (Å²) in [5, 5.41) is 17.5. The van der Waals surface area contributed by atoms with E-state index in [1.165, 1.54) is 89.9 Å². The molecule has 0 aromatic carbocycles. The number of hydrogen-bond donors (Lipinski definition) is 0. The Hall–Kier alpha value is -0.570. The van der Waals surface area contributed by atoms with Crippen LogP contribution in [0.25, 0.3) is 0 Å². The summed E-state index contributed by atoms with van der Waals surface area (Å²) in [6, 6.07) is 4.01. The maximum atomic E-state index is 8.73. The van der Waals surface area contributed by atoms with Crippen molar-refractivity contribution in [2.45, 2.75) is 129 Å². The molecule has 0 aliphatic rings. The third-order valence-electron chi connectivity index (χ3n) is 6.05. The van der Waals surface area contributed by atoms with Gasteiger partial charge in [0.15, 0.2) is 0 Å². The zero-order valence-corrected chi connectivity index (χ0v) is 25.3.